The molecule has 2 rings (SSSR count). The van der Waals surface area contributed by atoms with Crippen molar-refractivity contribution in [3.8, 4) is 5.75 Å². The largest absolute Gasteiger partial charge is 0.494 e. The molecular weight excluding hydrogens is 323 g/mol. The molecule has 1 atom stereocenters. The lowest BCUT2D eigenvalue weighted by atomic mass is 10.1. The van der Waals surface area contributed by atoms with Crippen LogP contribution < -0.4 is 4.74 Å². The third-order valence-corrected chi connectivity index (χ3v) is 5.22. The molecule has 0 aliphatic carbocycles. The molecule has 1 aliphatic rings. The summed E-state index contributed by atoms with van der Waals surface area (Å²) >= 11 is 0. The molecule has 0 unspecified atom stereocenters. The highest BCUT2D eigenvalue weighted by atomic mass is 32.2. The molecule has 1 saturated heterocycles. The smallest absolute Gasteiger partial charge is 0.241 e. The molecule has 1 aromatic rings. The number of hydrogen-bond acceptors (Lipinski definition) is 4. The maximum Gasteiger partial charge on any atom is 0.241 e. The summed E-state index contributed by atoms with van der Waals surface area (Å²) in [6.07, 6.45) is 2.28. The minimum atomic E-state index is -3.41. The molecule has 0 bridgehead atoms. The molecule has 128 valence electrons. The predicted octanol–water partition coefficient (Wildman–Crippen LogP) is 1.22. The molecule has 0 spiro atoms. The van der Waals surface area contributed by atoms with Crippen LogP contribution in [0.1, 0.15) is 18.4 Å². The first-order valence-electron chi connectivity index (χ1n) is 7.28. The van der Waals surface area contributed by atoms with E-state index in [2.05, 4.69) is 0 Å². The normalized spacial score (nSPS) is 18.9. The summed E-state index contributed by atoms with van der Waals surface area (Å²) in [5.74, 6) is -0.629. The molecule has 1 aliphatic heterocycles. The fourth-order valence-electron chi connectivity index (χ4n) is 2.80. The topological polar surface area (TPSA) is 66.9 Å². The first-order valence-corrected chi connectivity index (χ1v) is 9.13. The van der Waals surface area contributed by atoms with Gasteiger partial charge in [0.15, 0.2) is 11.6 Å². The van der Waals surface area contributed by atoms with Gasteiger partial charge in [-0.05, 0) is 30.5 Å². The van der Waals surface area contributed by atoms with Gasteiger partial charge in [-0.1, -0.05) is 6.07 Å². The lowest BCUT2D eigenvalue weighted by molar-refractivity contribution is -0.133. The Morgan fingerprint density at radius 3 is 2.74 bits per heavy atom. The van der Waals surface area contributed by atoms with Gasteiger partial charge in [0.25, 0.3) is 0 Å². The van der Waals surface area contributed by atoms with E-state index in [4.69, 9.17) is 4.74 Å². The van der Waals surface area contributed by atoms with E-state index in [9.17, 15) is 17.6 Å². The van der Waals surface area contributed by atoms with E-state index in [0.29, 0.717) is 24.9 Å². The van der Waals surface area contributed by atoms with Gasteiger partial charge in [-0.25, -0.2) is 12.8 Å². The zero-order chi connectivity index (χ0) is 17.2. The molecule has 6 nitrogen and oxygen atoms in total. The number of halogens is 1. The van der Waals surface area contributed by atoms with Crippen molar-refractivity contribution in [3.05, 3.63) is 29.6 Å². The Hall–Kier alpha value is -1.67. The zero-order valence-corrected chi connectivity index (χ0v) is 14.3. The van der Waals surface area contributed by atoms with Gasteiger partial charge in [0, 0.05) is 20.1 Å². The lowest BCUT2D eigenvalue weighted by Crippen LogP contribution is -2.45. The van der Waals surface area contributed by atoms with Gasteiger partial charge in [-0.2, -0.15) is 4.31 Å². The van der Waals surface area contributed by atoms with E-state index in [1.807, 2.05) is 0 Å². The Bertz CT molecular complexity index is 693. The monoisotopic (exact) mass is 344 g/mol. The van der Waals surface area contributed by atoms with Gasteiger partial charge in [0.05, 0.1) is 13.4 Å². The quantitative estimate of drug-likeness (QED) is 0.805. The lowest BCUT2D eigenvalue weighted by Gasteiger charge is -2.26. The molecule has 0 radical (unpaired) electrons. The maximum absolute atomic E-state index is 13.7. The minimum Gasteiger partial charge on any atom is -0.494 e. The van der Waals surface area contributed by atoms with Crippen molar-refractivity contribution in [2.24, 2.45) is 0 Å². The van der Waals surface area contributed by atoms with Crippen LogP contribution in [0, 0.1) is 5.82 Å². The molecule has 0 aromatic heterocycles. The number of ether oxygens (including phenoxy) is 1. The molecule has 0 saturated carbocycles. The Kier molecular flexibility index (Phi) is 5.26. The zero-order valence-electron chi connectivity index (χ0n) is 13.5. The van der Waals surface area contributed by atoms with E-state index in [0.717, 1.165) is 6.26 Å². The number of carbonyl (C=O) groups excluding carboxylic acids is 1. The van der Waals surface area contributed by atoms with Crippen molar-refractivity contribution in [1.82, 2.24) is 9.21 Å². The van der Waals surface area contributed by atoms with Gasteiger partial charge in [0.2, 0.25) is 15.9 Å². The third-order valence-electron chi connectivity index (χ3n) is 3.93. The minimum absolute atomic E-state index is 0.141. The summed E-state index contributed by atoms with van der Waals surface area (Å²) in [5, 5.41) is 0. The van der Waals surface area contributed by atoms with Crippen molar-refractivity contribution < 1.29 is 22.3 Å². The average molecular weight is 344 g/mol. The van der Waals surface area contributed by atoms with Crippen molar-refractivity contribution in [3.63, 3.8) is 0 Å². The highest BCUT2D eigenvalue weighted by Gasteiger charge is 2.37. The number of amides is 1. The molecule has 1 fully saturated rings. The van der Waals surface area contributed by atoms with Gasteiger partial charge < -0.3 is 9.64 Å². The van der Waals surface area contributed by atoms with E-state index >= 15 is 0 Å². The number of nitrogens with zero attached hydrogens (tertiary/aromatic N) is 2. The van der Waals surface area contributed by atoms with E-state index in [-0.39, 0.29) is 18.2 Å². The van der Waals surface area contributed by atoms with Crippen LogP contribution in [-0.4, -0.2) is 56.5 Å². The van der Waals surface area contributed by atoms with Crippen LogP contribution in [-0.2, 0) is 21.4 Å². The van der Waals surface area contributed by atoms with Crippen LogP contribution in [0.2, 0.25) is 0 Å². The number of benzene rings is 1. The van der Waals surface area contributed by atoms with Crippen LogP contribution in [0.5, 0.6) is 5.75 Å². The summed E-state index contributed by atoms with van der Waals surface area (Å²) < 4.78 is 43.3. The van der Waals surface area contributed by atoms with Crippen LogP contribution in [0.4, 0.5) is 4.39 Å². The van der Waals surface area contributed by atoms with Gasteiger partial charge in [0.1, 0.15) is 6.04 Å². The number of likely N-dealkylation sites (N-methyl/N-ethyl adjacent to an activating group) is 1. The Labute approximate surface area is 135 Å². The van der Waals surface area contributed by atoms with Gasteiger partial charge >= 0.3 is 0 Å². The number of rotatable bonds is 5. The summed E-state index contributed by atoms with van der Waals surface area (Å²) in [7, 11) is -0.440. The van der Waals surface area contributed by atoms with E-state index in [1.165, 1.54) is 28.4 Å². The summed E-state index contributed by atoms with van der Waals surface area (Å²) in [4.78, 5) is 13.9. The standard InChI is InChI=1S/C15H21FN2O4S/c1-17(10-11-6-7-14(22-2)12(16)9-11)15(19)13-5-4-8-18(13)23(3,20)21/h6-7,9,13H,4-5,8,10H2,1-3H3/t13-/m0/s1. The molecule has 1 heterocycles. The Morgan fingerprint density at radius 1 is 1.48 bits per heavy atom. The second-order valence-corrected chi connectivity index (χ2v) is 7.63. The van der Waals surface area contributed by atoms with Crippen LogP contribution in [0.15, 0.2) is 18.2 Å². The number of carbonyl (C=O) groups is 1. The molecule has 0 N–H and O–H groups in total. The van der Waals surface area contributed by atoms with Gasteiger partial charge in [-0.15, -0.1) is 0 Å². The van der Waals surface area contributed by atoms with Crippen molar-refractivity contribution in [2.45, 2.75) is 25.4 Å². The SMILES string of the molecule is COc1ccc(CN(C)C(=O)[C@@H]2CCCN2S(C)(=O)=O)cc1F. The summed E-state index contributed by atoms with van der Waals surface area (Å²) in [6.45, 7) is 0.564. The summed E-state index contributed by atoms with van der Waals surface area (Å²) in [5.41, 5.74) is 0.614. The van der Waals surface area contributed by atoms with E-state index < -0.39 is 21.9 Å². The highest BCUT2D eigenvalue weighted by Crippen LogP contribution is 2.23. The third kappa shape index (κ3) is 4.00. The first kappa shape index (κ1) is 17.7. The van der Waals surface area contributed by atoms with E-state index in [1.54, 1.807) is 13.1 Å². The number of methoxy groups -OCH3 is 1. The molecule has 8 heteroatoms. The Morgan fingerprint density at radius 2 is 2.17 bits per heavy atom. The molecular formula is C15H21FN2O4S. The summed E-state index contributed by atoms with van der Waals surface area (Å²) in [6, 6.07) is 3.82. The maximum atomic E-state index is 13.7. The average Bonchev–Trinajstić information content (AvgIpc) is 2.96. The number of hydrogen-bond donors (Lipinski definition) is 0. The molecule has 1 aromatic carbocycles. The Balaban J connectivity index is 2.09. The fourth-order valence-corrected chi connectivity index (χ4v) is 3.92. The first-order chi connectivity index (χ1) is 10.7. The molecule has 23 heavy (non-hydrogen) atoms. The van der Waals surface area contributed by atoms with Crippen LogP contribution >= 0.6 is 0 Å². The fraction of sp³-hybridized carbons (Fsp3) is 0.533. The van der Waals surface area contributed by atoms with Crippen molar-refractivity contribution in [1.29, 1.82) is 0 Å². The predicted molar refractivity (Wildman–Crippen MR) is 84.0 cm³/mol. The number of sulfonamides is 1. The second kappa shape index (κ2) is 6.84. The second-order valence-electron chi connectivity index (χ2n) is 5.69. The van der Waals surface area contributed by atoms with Crippen LogP contribution in [0.25, 0.3) is 0 Å². The molecule has 1 amide bonds. The van der Waals surface area contributed by atoms with Crippen molar-refractivity contribution in [2.75, 3.05) is 27.0 Å². The van der Waals surface area contributed by atoms with Crippen LogP contribution in [0.3, 0.4) is 0 Å². The van der Waals surface area contributed by atoms with Crippen molar-refractivity contribution >= 4 is 15.9 Å². The van der Waals surface area contributed by atoms with Gasteiger partial charge in [-0.3, -0.25) is 4.79 Å². The highest BCUT2D eigenvalue weighted by molar-refractivity contribution is 7.88.